The standard InChI is InChI=1S/C30H20Cl4N8O10S3/c1-11(36-29-40-28(34)41-30(42-29)37-12-2-4-13(5-3-12)53(43)44)10-35-17-9-8-16-23(27(17)55(48,49)50)52-25-19(33)20-24(18(32)21(25)39-16)51-22-15(38-20)7-6-14(31)26(22)54(45,46)47/h2-9,11,38H,10H2,1H3,(H,43,44)(H,45,46,47)(H,48,49,50)(H2,36,37,40,41,42)/p-1. The van der Waals surface area contributed by atoms with E-state index in [9.17, 15) is 34.7 Å². The molecular weight excluding hydrogens is 870 g/mol. The minimum absolute atomic E-state index is 0.0223. The maximum absolute atomic E-state index is 12.8. The Balaban J connectivity index is 1.22. The lowest BCUT2D eigenvalue weighted by Crippen LogP contribution is -2.24. The molecule has 0 saturated carbocycles. The summed E-state index contributed by atoms with van der Waals surface area (Å²) in [5.74, 6) is -0.957. The highest BCUT2D eigenvalue weighted by atomic mass is 35.5. The highest BCUT2D eigenvalue weighted by molar-refractivity contribution is 7.86. The Kier molecular flexibility index (Phi) is 10.3. The Morgan fingerprint density at radius 1 is 0.891 bits per heavy atom. The van der Waals surface area contributed by atoms with Gasteiger partial charge in [-0.15, -0.1) is 0 Å². The number of nitrogens with zero attached hydrogens (tertiary/aromatic N) is 5. The van der Waals surface area contributed by atoms with E-state index in [-0.39, 0.29) is 88.7 Å². The molecule has 0 bridgehead atoms. The molecule has 0 spiro atoms. The van der Waals surface area contributed by atoms with E-state index < -0.39 is 52.9 Å². The molecule has 2 aliphatic heterocycles. The fourth-order valence-electron chi connectivity index (χ4n) is 5.33. The predicted octanol–water partition coefficient (Wildman–Crippen LogP) is 6.46. The van der Waals surface area contributed by atoms with Crippen LogP contribution in [0.25, 0.3) is 22.6 Å². The van der Waals surface area contributed by atoms with Gasteiger partial charge in [0.2, 0.25) is 17.2 Å². The number of aromatic nitrogens is 4. The normalized spacial score (nSPS) is 14.1. The van der Waals surface area contributed by atoms with Crippen molar-refractivity contribution >= 4 is 118 Å². The van der Waals surface area contributed by atoms with Gasteiger partial charge in [0.15, 0.2) is 32.6 Å². The molecule has 55 heavy (non-hydrogen) atoms. The molecular formula is C30H19Cl4N8O10S3-. The number of hydrogen-bond donors (Lipinski definition) is 5. The van der Waals surface area contributed by atoms with Gasteiger partial charge in [-0.05, 0) is 78.1 Å². The molecule has 4 aromatic rings. The Morgan fingerprint density at radius 3 is 2.25 bits per heavy atom. The van der Waals surface area contributed by atoms with Gasteiger partial charge < -0.3 is 29.7 Å². The third-order valence-electron chi connectivity index (χ3n) is 7.64. The summed E-state index contributed by atoms with van der Waals surface area (Å²) < 4.78 is 104. The van der Waals surface area contributed by atoms with Crippen LogP contribution in [0, 0.1) is 0 Å². The number of anilines is 5. The number of benzene rings is 4. The van der Waals surface area contributed by atoms with Crippen LogP contribution in [-0.4, -0.2) is 67.2 Å². The zero-order valence-corrected chi connectivity index (χ0v) is 32.5. The van der Waals surface area contributed by atoms with Gasteiger partial charge in [0, 0.05) is 16.6 Å². The van der Waals surface area contributed by atoms with Gasteiger partial charge in [0.25, 0.3) is 10.1 Å². The van der Waals surface area contributed by atoms with Gasteiger partial charge in [0.05, 0.1) is 22.6 Å². The second-order valence-corrected chi connectivity index (χ2v) is 16.6. The lowest BCUT2D eigenvalue weighted by molar-refractivity contribution is 0.449. The van der Waals surface area contributed by atoms with E-state index in [0.29, 0.717) is 5.69 Å². The maximum atomic E-state index is 12.8. The molecule has 0 fully saturated rings. The van der Waals surface area contributed by atoms with Crippen LogP contribution in [0.2, 0.25) is 20.4 Å². The predicted molar refractivity (Wildman–Crippen MR) is 200 cm³/mol. The van der Waals surface area contributed by atoms with Gasteiger partial charge >= 0.3 is 10.1 Å². The van der Waals surface area contributed by atoms with Crippen LogP contribution in [-0.2, 0) is 31.3 Å². The van der Waals surface area contributed by atoms with Crippen molar-refractivity contribution < 1.29 is 43.9 Å². The first kappa shape index (κ1) is 38.8. The minimum Gasteiger partial charge on any atom is -0.768 e. The first-order chi connectivity index (χ1) is 25.9. The van der Waals surface area contributed by atoms with Crippen LogP contribution in [0.5, 0.6) is 11.5 Å². The van der Waals surface area contributed by atoms with Crippen molar-refractivity contribution in [2.75, 3.05) is 22.5 Å². The van der Waals surface area contributed by atoms with Crippen LogP contribution in [0.3, 0.4) is 0 Å². The zero-order chi connectivity index (χ0) is 39.6. The average molecular weight is 890 g/mol. The van der Waals surface area contributed by atoms with E-state index in [1.54, 1.807) is 6.92 Å². The number of halogens is 4. The summed E-state index contributed by atoms with van der Waals surface area (Å²) in [5, 5.41) is 7.53. The summed E-state index contributed by atoms with van der Waals surface area (Å²) >= 11 is 23.1. The second kappa shape index (κ2) is 14.6. The van der Waals surface area contributed by atoms with Crippen molar-refractivity contribution in [3.63, 3.8) is 0 Å². The summed E-state index contributed by atoms with van der Waals surface area (Å²) in [6, 6.07) is 10.4. The third kappa shape index (κ3) is 7.72. The molecule has 3 heterocycles. The van der Waals surface area contributed by atoms with E-state index in [1.165, 1.54) is 48.5 Å². The maximum Gasteiger partial charge on any atom is 0.300 e. The molecule has 0 saturated heterocycles. The van der Waals surface area contributed by atoms with Gasteiger partial charge in [-0.25, -0.2) is 4.98 Å². The van der Waals surface area contributed by atoms with E-state index in [2.05, 4.69) is 40.9 Å². The van der Waals surface area contributed by atoms with E-state index in [0.717, 1.165) is 0 Å². The first-order valence-electron chi connectivity index (χ1n) is 15.0. The largest absolute Gasteiger partial charge is 0.768 e. The molecule has 3 aromatic carbocycles. The number of nitrogens with one attached hydrogen (secondary N) is 3. The molecule has 25 heteroatoms. The van der Waals surface area contributed by atoms with Gasteiger partial charge in [-0.1, -0.05) is 34.8 Å². The number of rotatable bonds is 9. The van der Waals surface area contributed by atoms with Crippen LogP contribution in [0.15, 0.2) is 72.6 Å². The molecule has 0 amide bonds. The molecule has 3 aliphatic rings. The quantitative estimate of drug-likeness (QED) is 0.0591. The van der Waals surface area contributed by atoms with E-state index in [4.69, 9.17) is 55.6 Å². The Bertz CT molecular complexity index is 2870. The van der Waals surface area contributed by atoms with Crippen LogP contribution < -0.4 is 26.0 Å². The molecule has 2 unspecified atom stereocenters. The van der Waals surface area contributed by atoms with Crippen LogP contribution in [0.1, 0.15) is 6.92 Å². The average Bonchev–Trinajstić information content (AvgIpc) is 3.10. The summed E-state index contributed by atoms with van der Waals surface area (Å²) in [7, 11) is -9.91. The topological polar surface area (TPSA) is 271 Å². The highest BCUT2D eigenvalue weighted by Crippen LogP contribution is 2.55. The van der Waals surface area contributed by atoms with Crippen molar-refractivity contribution in [3.05, 3.63) is 74.2 Å². The molecule has 1 aliphatic carbocycles. The molecule has 5 N–H and O–H groups in total. The minimum atomic E-state index is -5.04. The van der Waals surface area contributed by atoms with Gasteiger partial charge in [0.1, 0.15) is 26.9 Å². The van der Waals surface area contributed by atoms with Crippen LogP contribution in [0.4, 0.5) is 29.0 Å². The SMILES string of the molecule is CC(CN=c1ccc2nc3c(Cl)c4c(c(Cl)c3oc-2c1S(=O)(=O)O)Nc1ccc(Cl)c(S(=O)(=O)O)c1O4)Nc1nc(Cl)nc(Nc2ccc(S(=O)[O-])cc2)n1. The van der Waals surface area contributed by atoms with Crippen molar-refractivity contribution in [1.29, 1.82) is 0 Å². The summed E-state index contributed by atoms with van der Waals surface area (Å²) in [5.41, 5.74) is -0.0266. The molecule has 2 atom stereocenters. The van der Waals surface area contributed by atoms with Gasteiger partial charge in [-0.2, -0.15) is 31.8 Å². The fraction of sp³-hybridized carbons (Fsp3) is 0.100. The summed E-state index contributed by atoms with van der Waals surface area (Å²) in [6.07, 6.45) is 0. The van der Waals surface area contributed by atoms with Crippen LogP contribution >= 0.6 is 46.4 Å². The van der Waals surface area contributed by atoms with E-state index >= 15 is 0 Å². The summed E-state index contributed by atoms with van der Waals surface area (Å²) in [6.45, 7) is 1.57. The lowest BCUT2D eigenvalue weighted by Gasteiger charge is -2.26. The molecule has 7 rings (SSSR count). The number of ether oxygens (including phenoxy) is 1. The smallest absolute Gasteiger partial charge is 0.300 e. The number of hydrogen-bond acceptors (Lipinski definition) is 16. The van der Waals surface area contributed by atoms with E-state index in [1.807, 2.05) is 0 Å². The highest BCUT2D eigenvalue weighted by Gasteiger charge is 2.34. The number of fused-ring (bicyclic) bond motifs is 4. The Hall–Kier alpha value is -4.42. The molecule has 286 valence electrons. The molecule has 1 aromatic heterocycles. The zero-order valence-electron chi connectivity index (χ0n) is 27.0. The third-order valence-corrected chi connectivity index (χ3v) is 11.4. The van der Waals surface area contributed by atoms with Crippen molar-refractivity contribution in [2.24, 2.45) is 4.99 Å². The van der Waals surface area contributed by atoms with Crippen molar-refractivity contribution in [2.45, 2.75) is 27.7 Å². The molecule has 0 radical (unpaired) electrons. The molecule has 18 nitrogen and oxygen atoms in total. The Labute approximate surface area is 332 Å². The first-order valence-corrected chi connectivity index (χ1v) is 20.5. The monoisotopic (exact) mass is 887 g/mol. The lowest BCUT2D eigenvalue weighted by atomic mass is 10.1. The second-order valence-electron chi connectivity index (χ2n) is 11.4. The van der Waals surface area contributed by atoms with Crippen molar-refractivity contribution in [3.8, 4) is 23.0 Å². The fourth-order valence-corrected chi connectivity index (χ4v) is 8.29. The van der Waals surface area contributed by atoms with Gasteiger partial charge in [-0.3, -0.25) is 18.3 Å². The Morgan fingerprint density at radius 2 is 1.58 bits per heavy atom. The van der Waals surface area contributed by atoms with Crippen molar-refractivity contribution in [1.82, 2.24) is 19.9 Å². The summed E-state index contributed by atoms with van der Waals surface area (Å²) in [4.78, 5) is 19.7.